The Labute approximate surface area is 117 Å². The molecule has 0 spiro atoms. The summed E-state index contributed by atoms with van der Waals surface area (Å²) in [4.78, 5) is 0. The van der Waals surface area contributed by atoms with Crippen LogP contribution in [0.1, 0.15) is 50.2 Å². The minimum absolute atomic E-state index is 0.893. The average Bonchev–Trinajstić information content (AvgIpc) is 2.45. The summed E-state index contributed by atoms with van der Waals surface area (Å²) in [5.74, 6) is 7.64. The molecule has 100 valence electrons. The van der Waals surface area contributed by atoms with Crippen LogP contribution in [0.15, 0.2) is 24.3 Å². The maximum absolute atomic E-state index is 9.15. The van der Waals surface area contributed by atoms with E-state index in [0.717, 1.165) is 12.0 Å². The fourth-order valence-corrected chi connectivity index (χ4v) is 1.88. The maximum Gasteiger partial charge on any atom is 0.176 e. The number of aryl methyl sites for hydroxylation is 1. The highest BCUT2D eigenvalue weighted by molar-refractivity contribution is 5.38. The monoisotopic (exact) mass is 254 g/mol. The molecule has 1 N–H and O–H groups in total. The molecular formula is C18H22O. The number of aliphatic hydroxyl groups excluding tert-OH is 1. The van der Waals surface area contributed by atoms with Crippen LogP contribution in [0.4, 0.5) is 0 Å². The third-order valence-corrected chi connectivity index (χ3v) is 3.03. The molecule has 1 nitrogen and oxygen atoms in total. The zero-order chi connectivity index (χ0) is 13.9. The number of unbranched alkanes of at least 4 members (excludes halogenated alkanes) is 4. The summed E-state index contributed by atoms with van der Waals surface area (Å²) in [5.41, 5.74) is 2.24. The fourth-order valence-electron chi connectivity index (χ4n) is 1.88. The second-order valence-corrected chi connectivity index (χ2v) is 4.70. The summed E-state index contributed by atoms with van der Waals surface area (Å²) in [5, 5.41) is 9.15. The lowest BCUT2D eigenvalue weighted by atomic mass is 10.0. The molecule has 0 aliphatic carbocycles. The standard InChI is InChI=1S/C18H22O/c1-3-5-6-7-8-9-16-10-12-17(13-11-16)14-15-18(19)4-2/h2,10-13,18-19H,3,5-9H2,1H3. The Bertz CT molecular complexity index is 453. The molecule has 1 heteroatoms. The van der Waals surface area contributed by atoms with Crippen LogP contribution in [0, 0.1) is 24.2 Å². The molecule has 0 saturated carbocycles. The Hall–Kier alpha value is -1.70. The van der Waals surface area contributed by atoms with Crippen molar-refractivity contribution in [2.75, 3.05) is 0 Å². The molecule has 1 rings (SSSR count). The summed E-state index contributed by atoms with van der Waals surface area (Å²) in [6.45, 7) is 2.23. The van der Waals surface area contributed by atoms with E-state index in [9.17, 15) is 0 Å². The molecule has 0 radical (unpaired) electrons. The number of benzene rings is 1. The lowest BCUT2D eigenvalue weighted by molar-refractivity contribution is 0.290. The topological polar surface area (TPSA) is 20.2 Å². The minimum Gasteiger partial charge on any atom is -0.369 e. The molecule has 0 heterocycles. The number of hydrogen-bond donors (Lipinski definition) is 1. The van der Waals surface area contributed by atoms with E-state index in [2.05, 4.69) is 36.8 Å². The van der Waals surface area contributed by atoms with Crippen LogP contribution < -0.4 is 0 Å². The van der Waals surface area contributed by atoms with Gasteiger partial charge < -0.3 is 5.11 Å². The van der Waals surface area contributed by atoms with Crippen LogP contribution in [0.5, 0.6) is 0 Å². The highest BCUT2D eigenvalue weighted by Crippen LogP contribution is 2.10. The van der Waals surface area contributed by atoms with Gasteiger partial charge in [0.1, 0.15) is 0 Å². The van der Waals surface area contributed by atoms with Gasteiger partial charge in [-0.05, 0) is 30.5 Å². The van der Waals surface area contributed by atoms with E-state index < -0.39 is 6.10 Å². The molecule has 0 bridgehead atoms. The molecule has 1 atom stereocenters. The SMILES string of the molecule is C#CC(O)C#Cc1ccc(CCCCCCC)cc1. The smallest absolute Gasteiger partial charge is 0.176 e. The van der Waals surface area contributed by atoms with Gasteiger partial charge in [-0.3, -0.25) is 0 Å². The van der Waals surface area contributed by atoms with E-state index in [1.807, 2.05) is 12.1 Å². The molecule has 0 aliphatic rings. The molecule has 0 aromatic heterocycles. The van der Waals surface area contributed by atoms with Gasteiger partial charge >= 0.3 is 0 Å². The Morgan fingerprint density at radius 2 is 1.79 bits per heavy atom. The molecule has 1 aromatic carbocycles. The van der Waals surface area contributed by atoms with E-state index in [-0.39, 0.29) is 0 Å². The zero-order valence-electron chi connectivity index (χ0n) is 11.7. The van der Waals surface area contributed by atoms with Crippen molar-refractivity contribution < 1.29 is 5.11 Å². The van der Waals surface area contributed by atoms with Gasteiger partial charge in [0.2, 0.25) is 0 Å². The predicted octanol–water partition coefficient (Wildman–Crippen LogP) is 3.55. The first-order chi connectivity index (χ1) is 9.26. The minimum atomic E-state index is -0.974. The first-order valence-electron chi connectivity index (χ1n) is 7.01. The highest BCUT2D eigenvalue weighted by atomic mass is 16.3. The second-order valence-electron chi connectivity index (χ2n) is 4.70. The van der Waals surface area contributed by atoms with E-state index in [1.54, 1.807) is 0 Å². The molecule has 19 heavy (non-hydrogen) atoms. The zero-order valence-corrected chi connectivity index (χ0v) is 11.7. The Balaban J connectivity index is 2.39. The van der Waals surface area contributed by atoms with Crippen LogP contribution in [-0.2, 0) is 6.42 Å². The van der Waals surface area contributed by atoms with Gasteiger partial charge in [0.05, 0.1) is 0 Å². The van der Waals surface area contributed by atoms with Gasteiger partial charge in [0, 0.05) is 5.56 Å². The van der Waals surface area contributed by atoms with Gasteiger partial charge in [-0.1, -0.05) is 62.5 Å². The van der Waals surface area contributed by atoms with E-state index in [0.29, 0.717) is 0 Å². The van der Waals surface area contributed by atoms with Crippen molar-refractivity contribution in [1.29, 1.82) is 0 Å². The molecule has 0 saturated heterocycles. The molecule has 1 unspecified atom stereocenters. The molecule has 1 aromatic rings. The van der Waals surface area contributed by atoms with Gasteiger partial charge in [0.15, 0.2) is 6.10 Å². The van der Waals surface area contributed by atoms with Crippen molar-refractivity contribution in [1.82, 2.24) is 0 Å². The highest BCUT2D eigenvalue weighted by Gasteiger charge is 1.95. The molecule has 0 fully saturated rings. The summed E-state index contributed by atoms with van der Waals surface area (Å²) in [6.07, 6.45) is 11.7. The van der Waals surface area contributed by atoms with Gasteiger partial charge in [-0.25, -0.2) is 0 Å². The number of terminal acetylenes is 1. The third kappa shape index (κ3) is 6.70. The summed E-state index contributed by atoms with van der Waals surface area (Å²) >= 11 is 0. The summed E-state index contributed by atoms with van der Waals surface area (Å²) in [7, 11) is 0. The van der Waals surface area contributed by atoms with Crippen molar-refractivity contribution in [2.45, 2.75) is 51.6 Å². The van der Waals surface area contributed by atoms with Crippen molar-refractivity contribution in [3.8, 4) is 24.2 Å². The fraction of sp³-hybridized carbons (Fsp3) is 0.444. The van der Waals surface area contributed by atoms with Crippen LogP contribution in [-0.4, -0.2) is 11.2 Å². The third-order valence-electron chi connectivity index (χ3n) is 3.03. The normalized spacial score (nSPS) is 11.2. The van der Waals surface area contributed by atoms with E-state index >= 15 is 0 Å². The Morgan fingerprint density at radius 1 is 1.11 bits per heavy atom. The van der Waals surface area contributed by atoms with Crippen LogP contribution in [0.25, 0.3) is 0 Å². The summed E-state index contributed by atoms with van der Waals surface area (Å²) in [6, 6.07) is 8.17. The number of hydrogen-bond acceptors (Lipinski definition) is 1. The lowest BCUT2D eigenvalue weighted by Gasteiger charge is -2.01. The Kier molecular flexibility index (Phi) is 7.48. The quantitative estimate of drug-likeness (QED) is 0.608. The molecule has 0 aliphatic heterocycles. The number of aliphatic hydroxyl groups is 1. The first-order valence-corrected chi connectivity index (χ1v) is 7.01. The van der Waals surface area contributed by atoms with E-state index in [4.69, 9.17) is 11.5 Å². The van der Waals surface area contributed by atoms with Crippen molar-refractivity contribution in [2.24, 2.45) is 0 Å². The van der Waals surface area contributed by atoms with Crippen LogP contribution in [0.2, 0.25) is 0 Å². The molecule has 0 amide bonds. The predicted molar refractivity (Wildman–Crippen MR) is 80.6 cm³/mol. The summed E-state index contributed by atoms with van der Waals surface area (Å²) < 4.78 is 0. The largest absolute Gasteiger partial charge is 0.369 e. The van der Waals surface area contributed by atoms with Gasteiger partial charge in [-0.15, -0.1) is 6.42 Å². The lowest BCUT2D eigenvalue weighted by Crippen LogP contribution is -1.96. The van der Waals surface area contributed by atoms with Crippen LogP contribution in [0.3, 0.4) is 0 Å². The van der Waals surface area contributed by atoms with E-state index in [1.165, 1.54) is 37.7 Å². The Morgan fingerprint density at radius 3 is 2.42 bits per heavy atom. The van der Waals surface area contributed by atoms with Crippen LogP contribution >= 0.6 is 0 Å². The number of rotatable bonds is 6. The van der Waals surface area contributed by atoms with Gasteiger partial charge in [0.25, 0.3) is 0 Å². The first kappa shape index (κ1) is 15.4. The maximum atomic E-state index is 9.15. The average molecular weight is 254 g/mol. The second kappa shape index (κ2) is 9.26. The van der Waals surface area contributed by atoms with Crippen molar-refractivity contribution in [3.63, 3.8) is 0 Å². The molecular weight excluding hydrogens is 232 g/mol. The van der Waals surface area contributed by atoms with Crippen molar-refractivity contribution >= 4 is 0 Å². The van der Waals surface area contributed by atoms with Crippen molar-refractivity contribution in [3.05, 3.63) is 35.4 Å². The van der Waals surface area contributed by atoms with Gasteiger partial charge in [-0.2, -0.15) is 0 Å².